The molecule has 0 spiro atoms. The van der Waals surface area contributed by atoms with Crippen LogP contribution in [0.2, 0.25) is 10.0 Å². The third-order valence-corrected chi connectivity index (χ3v) is 3.31. The fourth-order valence-corrected chi connectivity index (χ4v) is 2.16. The Balaban J connectivity index is 2.32. The highest BCUT2D eigenvalue weighted by Gasteiger charge is 2.01. The van der Waals surface area contributed by atoms with Gasteiger partial charge in [-0.05, 0) is 17.7 Å². The maximum atomic E-state index is 10.8. The van der Waals surface area contributed by atoms with Gasteiger partial charge >= 0.3 is 0 Å². The molecule has 96 valence electrons. The Morgan fingerprint density at radius 1 is 1.24 bits per heavy atom. The molecule has 1 aromatic rings. The summed E-state index contributed by atoms with van der Waals surface area (Å²) in [6.45, 7) is 1.46. The lowest BCUT2D eigenvalue weighted by Crippen LogP contribution is -2.30. The first-order valence-electron chi connectivity index (χ1n) is 4.98. The molecule has 0 heterocycles. The summed E-state index contributed by atoms with van der Waals surface area (Å²) in [4.78, 5) is 0. The van der Waals surface area contributed by atoms with Crippen LogP contribution in [0.5, 0.6) is 0 Å². The smallest absolute Gasteiger partial charge is 0.208 e. The topological polar surface area (TPSA) is 58.2 Å². The van der Waals surface area contributed by atoms with Crippen LogP contribution >= 0.6 is 23.2 Å². The van der Waals surface area contributed by atoms with Crippen molar-refractivity contribution in [2.45, 2.75) is 6.54 Å². The van der Waals surface area contributed by atoms with Crippen LogP contribution in [0, 0.1) is 0 Å². The SMILES string of the molecule is CS(=O)(=O)NCCNCc1ccc(Cl)cc1Cl. The van der Waals surface area contributed by atoms with Crippen LogP contribution in [0.25, 0.3) is 0 Å². The number of sulfonamides is 1. The molecule has 1 aromatic carbocycles. The summed E-state index contributed by atoms with van der Waals surface area (Å²) in [7, 11) is -3.12. The van der Waals surface area contributed by atoms with Crippen molar-refractivity contribution in [2.24, 2.45) is 0 Å². The Labute approximate surface area is 111 Å². The summed E-state index contributed by atoms with van der Waals surface area (Å²) in [6.07, 6.45) is 1.13. The molecule has 0 radical (unpaired) electrons. The van der Waals surface area contributed by atoms with E-state index in [1.807, 2.05) is 6.07 Å². The standard InChI is InChI=1S/C10H14Cl2N2O2S/c1-17(15,16)14-5-4-13-7-8-2-3-9(11)6-10(8)12/h2-3,6,13-14H,4-5,7H2,1H3. The van der Waals surface area contributed by atoms with Crippen molar-refractivity contribution in [2.75, 3.05) is 19.3 Å². The van der Waals surface area contributed by atoms with E-state index in [4.69, 9.17) is 23.2 Å². The average Bonchev–Trinajstić information content (AvgIpc) is 2.18. The van der Waals surface area contributed by atoms with Crippen molar-refractivity contribution in [3.05, 3.63) is 33.8 Å². The summed E-state index contributed by atoms with van der Waals surface area (Å²) in [5, 5.41) is 4.27. The third-order valence-electron chi connectivity index (χ3n) is 2.00. The molecule has 0 saturated heterocycles. The second-order valence-electron chi connectivity index (χ2n) is 3.58. The molecule has 7 heteroatoms. The molecule has 0 aliphatic rings. The zero-order valence-electron chi connectivity index (χ0n) is 9.33. The summed E-state index contributed by atoms with van der Waals surface area (Å²) in [5.41, 5.74) is 0.926. The van der Waals surface area contributed by atoms with Gasteiger partial charge in [0.2, 0.25) is 10.0 Å². The van der Waals surface area contributed by atoms with Gasteiger partial charge in [-0.1, -0.05) is 29.3 Å². The summed E-state index contributed by atoms with van der Waals surface area (Å²) in [6, 6.07) is 5.27. The predicted molar refractivity (Wildman–Crippen MR) is 71.0 cm³/mol. The summed E-state index contributed by atoms with van der Waals surface area (Å²) < 4.78 is 24.0. The van der Waals surface area contributed by atoms with Crippen LogP contribution in [-0.2, 0) is 16.6 Å². The van der Waals surface area contributed by atoms with Crippen LogP contribution in [0.3, 0.4) is 0 Å². The number of nitrogens with one attached hydrogen (secondary N) is 2. The molecular formula is C10H14Cl2N2O2S. The highest BCUT2D eigenvalue weighted by molar-refractivity contribution is 7.88. The van der Waals surface area contributed by atoms with E-state index in [9.17, 15) is 8.42 Å². The van der Waals surface area contributed by atoms with E-state index in [1.54, 1.807) is 12.1 Å². The van der Waals surface area contributed by atoms with Crippen molar-refractivity contribution in [1.82, 2.24) is 10.0 Å². The Hall–Kier alpha value is -0.330. The second-order valence-corrected chi connectivity index (χ2v) is 6.26. The van der Waals surface area contributed by atoms with Crippen LogP contribution in [0.1, 0.15) is 5.56 Å². The molecule has 0 saturated carbocycles. The van der Waals surface area contributed by atoms with E-state index in [0.717, 1.165) is 11.8 Å². The summed E-state index contributed by atoms with van der Waals surface area (Å²) in [5.74, 6) is 0. The Kier molecular flexibility index (Phi) is 5.69. The molecule has 0 unspecified atom stereocenters. The molecule has 0 fully saturated rings. The Morgan fingerprint density at radius 2 is 1.94 bits per heavy atom. The molecule has 0 aliphatic carbocycles. The first-order chi connectivity index (χ1) is 7.88. The molecular weight excluding hydrogens is 283 g/mol. The van der Waals surface area contributed by atoms with E-state index >= 15 is 0 Å². The number of hydrogen-bond donors (Lipinski definition) is 2. The van der Waals surface area contributed by atoms with Crippen molar-refractivity contribution in [3.8, 4) is 0 Å². The van der Waals surface area contributed by atoms with Crippen molar-refractivity contribution in [3.63, 3.8) is 0 Å². The minimum atomic E-state index is -3.12. The number of rotatable bonds is 6. The maximum Gasteiger partial charge on any atom is 0.208 e. The van der Waals surface area contributed by atoms with Gasteiger partial charge in [-0.25, -0.2) is 13.1 Å². The lowest BCUT2D eigenvalue weighted by molar-refractivity contribution is 0.582. The first-order valence-corrected chi connectivity index (χ1v) is 7.62. The van der Waals surface area contributed by atoms with Crippen molar-refractivity contribution >= 4 is 33.2 Å². The lowest BCUT2D eigenvalue weighted by Gasteiger charge is -2.07. The number of benzene rings is 1. The van der Waals surface area contributed by atoms with Gasteiger partial charge in [0.1, 0.15) is 0 Å². The molecule has 17 heavy (non-hydrogen) atoms. The summed E-state index contributed by atoms with van der Waals surface area (Å²) >= 11 is 11.7. The minimum Gasteiger partial charge on any atom is -0.311 e. The van der Waals surface area contributed by atoms with Gasteiger partial charge in [0, 0.05) is 29.7 Å². The molecule has 2 N–H and O–H groups in total. The zero-order valence-corrected chi connectivity index (χ0v) is 11.7. The molecule has 0 amide bonds. The number of halogens is 2. The monoisotopic (exact) mass is 296 g/mol. The molecule has 0 aromatic heterocycles. The predicted octanol–water partition coefficient (Wildman–Crippen LogP) is 1.63. The van der Waals surface area contributed by atoms with Crippen LogP contribution in [-0.4, -0.2) is 27.8 Å². The molecule has 0 bridgehead atoms. The second kappa shape index (κ2) is 6.56. The largest absolute Gasteiger partial charge is 0.311 e. The van der Waals surface area contributed by atoms with Gasteiger partial charge in [0.25, 0.3) is 0 Å². The highest BCUT2D eigenvalue weighted by Crippen LogP contribution is 2.20. The van der Waals surface area contributed by atoms with Gasteiger partial charge in [0.15, 0.2) is 0 Å². The zero-order chi connectivity index (χ0) is 12.9. The van der Waals surface area contributed by atoms with E-state index < -0.39 is 10.0 Å². The number of hydrogen-bond acceptors (Lipinski definition) is 3. The van der Waals surface area contributed by atoms with Gasteiger partial charge in [-0.15, -0.1) is 0 Å². The van der Waals surface area contributed by atoms with Gasteiger partial charge in [-0.3, -0.25) is 0 Å². The maximum absolute atomic E-state index is 10.8. The molecule has 4 nitrogen and oxygen atoms in total. The van der Waals surface area contributed by atoms with Crippen LogP contribution in [0.15, 0.2) is 18.2 Å². The van der Waals surface area contributed by atoms with E-state index in [-0.39, 0.29) is 0 Å². The van der Waals surface area contributed by atoms with E-state index in [2.05, 4.69) is 10.0 Å². The van der Waals surface area contributed by atoms with E-state index in [1.165, 1.54) is 0 Å². The van der Waals surface area contributed by atoms with E-state index in [0.29, 0.717) is 29.7 Å². The average molecular weight is 297 g/mol. The van der Waals surface area contributed by atoms with Crippen LogP contribution < -0.4 is 10.0 Å². The molecule has 1 rings (SSSR count). The highest BCUT2D eigenvalue weighted by atomic mass is 35.5. The van der Waals surface area contributed by atoms with Gasteiger partial charge in [0.05, 0.1) is 6.26 Å². The molecule has 0 aliphatic heterocycles. The minimum absolute atomic E-state index is 0.351. The van der Waals surface area contributed by atoms with Crippen molar-refractivity contribution < 1.29 is 8.42 Å². The Bertz CT molecular complexity index is 477. The fourth-order valence-electron chi connectivity index (χ4n) is 1.21. The Morgan fingerprint density at radius 3 is 2.53 bits per heavy atom. The first kappa shape index (κ1) is 14.7. The quantitative estimate of drug-likeness (QED) is 0.785. The third kappa shape index (κ3) is 6.24. The fraction of sp³-hybridized carbons (Fsp3) is 0.400. The van der Waals surface area contributed by atoms with Crippen LogP contribution in [0.4, 0.5) is 0 Å². The molecule has 0 atom stereocenters. The van der Waals surface area contributed by atoms with Gasteiger partial charge < -0.3 is 5.32 Å². The van der Waals surface area contributed by atoms with Gasteiger partial charge in [-0.2, -0.15) is 0 Å². The van der Waals surface area contributed by atoms with Crippen molar-refractivity contribution in [1.29, 1.82) is 0 Å². The lowest BCUT2D eigenvalue weighted by atomic mass is 10.2. The normalized spacial score (nSPS) is 11.7.